The van der Waals surface area contributed by atoms with Gasteiger partial charge in [-0.1, -0.05) is 20.8 Å². The first kappa shape index (κ1) is 16.0. The van der Waals surface area contributed by atoms with Crippen LogP contribution in [-0.2, 0) is 17.1 Å². The molecule has 1 heterocycles. The maximum Gasteiger partial charge on any atom is 0.143 e. The van der Waals surface area contributed by atoms with Crippen molar-refractivity contribution in [3.63, 3.8) is 0 Å². The van der Waals surface area contributed by atoms with Crippen LogP contribution >= 0.6 is 34.4 Å². The molecule has 0 bridgehead atoms. The zero-order chi connectivity index (χ0) is 13.8. The van der Waals surface area contributed by atoms with E-state index in [-0.39, 0.29) is 4.75 Å². The summed E-state index contributed by atoms with van der Waals surface area (Å²) >= 11 is 4.09. The second kappa shape index (κ2) is 6.91. The Morgan fingerprint density at radius 1 is 1.33 bits per heavy atom. The van der Waals surface area contributed by atoms with E-state index < -0.39 is 0 Å². The van der Waals surface area contributed by atoms with Gasteiger partial charge >= 0.3 is 0 Å². The smallest absolute Gasteiger partial charge is 0.143 e. The Morgan fingerprint density at radius 3 is 2.50 bits per heavy atom. The van der Waals surface area contributed by atoms with Gasteiger partial charge in [-0.15, -0.1) is 11.8 Å². The van der Waals surface area contributed by atoms with Crippen molar-refractivity contribution in [1.29, 1.82) is 0 Å². The van der Waals surface area contributed by atoms with Crippen LogP contribution in [0.3, 0.4) is 0 Å². The molecule has 1 aromatic rings. The van der Waals surface area contributed by atoms with Crippen LogP contribution in [0.4, 0.5) is 5.82 Å². The molecule has 1 N–H and O–H groups in total. The van der Waals surface area contributed by atoms with Crippen molar-refractivity contribution in [2.24, 2.45) is 0 Å². The van der Waals surface area contributed by atoms with E-state index in [1.165, 1.54) is 0 Å². The lowest BCUT2D eigenvalue weighted by Gasteiger charge is -2.17. The van der Waals surface area contributed by atoms with Crippen molar-refractivity contribution in [3.05, 3.63) is 15.1 Å². The molecule has 1 aromatic heterocycles. The maximum atomic E-state index is 5.18. The highest BCUT2D eigenvalue weighted by Gasteiger charge is 2.15. The van der Waals surface area contributed by atoms with E-state index in [4.69, 9.17) is 4.74 Å². The lowest BCUT2D eigenvalue weighted by atomic mass is 10.3. The molecule has 0 unspecified atom stereocenters. The summed E-state index contributed by atoms with van der Waals surface area (Å²) in [6.45, 7) is 7.10. The minimum Gasteiger partial charge on any atom is -0.378 e. The first-order valence-corrected chi connectivity index (χ1v) is 7.79. The number of hydrogen-bond acceptors (Lipinski definition) is 5. The van der Waals surface area contributed by atoms with Gasteiger partial charge in [0.1, 0.15) is 11.6 Å². The van der Waals surface area contributed by atoms with Gasteiger partial charge in [0.2, 0.25) is 0 Å². The zero-order valence-electron chi connectivity index (χ0n) is 11.5. The first-order chi connectivity index (χ1) is 8.37. The Labute approximate surface area is 127 Å². The number of halogens is 1. The normalized spacial score (nSPS) is 11.7. The molecule has 0 fully saturated rings. The molecular weight excluding hydrogens is 361 g/mol. The van der Waals surface area contributed by atoms with Crippen LogP contribution in [0.5, 0.6) is 0 Å². The molecule has 0 spiro atoms. The van der Waals surface area contributed by atoms with Crippen molar-refractivity contribution < 1.29 is 4.74 Å². The highest BCUT2D eigenvalue weighted by atomic mass is 127. The molecule has 0 radical (unpaired) electrons. The molecule has 0 saturated heterocycles. The quantitative estimate of drug-likeness (QED) is 0.794. The van der Waals surface area contributed by atoms with Gasteiger partial charge in [-0.2, -0.15) is 0 Å². The lowest BCUT2D eigenvalue weighted by molar-refractivity contribution is 0.180. The van der Waals surface area contributed by atoms with Crippen molar-refractivity contribution in [3.8, 4) is 0 Å². The van der Waals surface area contributed by atoms with Crippen molar-refractivity contribution in [1.82, 2.24) is 9.97 Å². The van der Waals surface area contributed by atoms with E-state index in [1.54, 1.807) is 7.11 Å². The Hall–Kier alpha value is -0.0800. The summed E-state index contributed by atoms with van der Waals surface area (Å²) in [5, 5.41) is 3.11. The third-order valence-corrected chi connectivity index (χ3v) is 4.52. The molecule has 0 atom stereocenters. The highest BCUT2D eigenvalue weighted by Crippen LogP contribution is 2.27. The fourth-order valence-electron chi connectivity index (χ4n) is 1.29. The number of nitrogens with one attached hydrogen (secondary N) is 1. The number of anilines is 1. The van der Waals surface area contributed by atoms with E-state index in [9.17, 15) is 0 Å². The molecule has 0 aliphatic heterocycles. The number of aromatic nitrogens is 2. The van der Waals surface area contributed by atoms with Crippen LogP contribution in [0.15, 0.2) is 0 Å². The van der Waals surface area contributed by atoms with Crippen LogP contribution in [0, 0.1) is 3.57 Å². The summed E-state index contributed by atoms with van der Waals surface area (Å²) in [6.07, 6.45) is 0. The third-order valence-electron chi connectivity index (χ3n) is 2.12. The van der Waals surface area contributed by atoms with Gasteiger partial charge in [-0.25, -0.2) is 9.97 Å². The lowest BCUT2D eigenvalue weighted by Crippen LogP contribution is -2.11. The van der Waals surface area contributed by atoms with Gasteiger partial charge in [0.05, 0.1) is 21.6 Å². The van der Waals surface area contributed by atoms with Gasteiger partial charge in [0, 0.05) is 18.9 Å². The average Bonchev–Trinajstić information content (AvgIpc) is 2.29. The fraction of sp³-hybridized carbons (Fsp3) is 0.667. The first-order valence-electron chi connectivity index (χ1n) is 5.73. The molecule has 6 heteroatoms. The van der Waals surface area contributed by atoms with E-state index in [2.05, 4.69) is 58.6 Å². The monoisotopic (exact) mass is 381 g/mol. The van der Waals surface area contributed by atoms with Crippen LogP contribution in [-0.4, -0.2) is 28.9 Å². The summed E-state index contributed by atoms with van der Waals surface area (Å²) in [4.78, 5) is 9.10. The third kappa shape index (κ3) is 4.89. The molecule has 0 saturated carbocycles. The van der Waals surface area contributed by atoms with E-state index in [0.29, 0.717) is 6.61 Å². The Bertz CT molecular complexity index is 407. The van der Waals surface area contributed by atoms with Crippen LogP contribution < -0.4 is 5.32 Å². The van der Waals surface area contributed by atoms with Crippen LogP contribution in [0.1, 0.15) is 32.3 Å². The average molecular weight is 381 g/mol. The SMILES string of the molecule is CNc1nc(CSC(C)(C)C)nc(COC)c1I. The Morgan fingerprint density at radius 2 is 2.00 bits per heavy atom. The van der Waals surface area contributed by atoms with Crippen molar-refractivity contribution in [2.75, 3.05) is 19.5 Å². The second-order valence-corrected chi connectivity index (χ2v) is 7.71. The Balaban J connectivity index is 2.95. The van der Waals surface area contributed by atoms with Gasteiger partial charge in [-0.05, 0) is 22.6 Å². The van der Waals surface area contributed by atoms with Crippen LogP contribution in [0.25, 0.3) is 0 Å². The molecule has 0 aromatic carbocycles. The van der Waals surface area contributed by atoms with Gasteiger partial charge < -0.3 is 10.1 Å². The summed E-state index contributed by atoms with van der Waals surface area (Å²) < 4.78 is 6.42. The molecular formula is C12H20IN3OS. The molecule has 102 valence electrons. The molecule has 0 aliphatic rings. The van der Waals surface area contributed by atoms with E-state index in [0.717, 1.165) is 26.7 Å². The highest BCUT2D eigenvalue weighted by molar-refractivity contribution is 14.1. The summed E-state index contributed by atoms with van der Waals surface area (Å²) in [7, 11) is 3.56. The van der Waals surface area contributed by atoms with Crippen molar-refractivity contribution >= 4 is 40.2 Å². The number of methoxy groups -OCH3 is 1. The molecule has 0 aliphatic carbocycles. The van der Waals surface area contributed by atoms with Gasteiger partial charge in [0.25, 0.3) is 0 Å². The zero-order valence-corrected chi connectivity index (χ0v) is 14.5. The summed E-state index contributed by atoms with van der Waals surface area (Å²) in [5.41, 5.74) is 0.946. The predicted octanol–water partition coefficient (Wildman–Crippen LogP) is 3.30. The standard InChI is InChI=1S/C12H20IN3OS/c1-12(2,3)18-7-9-15-8(6-17-5)10(13)11(14-4)16-9/h6-7H2,1-5H3,(H,14,15,16). The topological polar surface area (TPSA) is 47.0 Å². The number of rotatable bonds is 5. The van der Waals surface area contributed by atoms with Gasteiger partial charge in [0.15, 0.2) is 0 Å². The minimum absolute atomic E-state index is 0.216. The molecule has 1 rings (SSSR count). The number of hydrogen-bond donors (Lipinski definition) is 1. The second-order valence-electron chi connectivity index (χ2n) is 4.83. The Kier molecular flexibility index (Phi) is 6.13. The number of nitrogens with zero attached hydrogens (tertiary/aromatic N) is 2. The molecule has 0 amide bonds. The van der Waals surface area contributed by atoms with E-state index >= 15 is 0 Å². The van der Waals surface area contributed by atoms with Crippen molar-refractivity contribution in [2.45, 2.75) is 37.9 Å². The molecule has 4 nitrogen and oxygen atoms in total. The minimum atomic E-state index is 0.216. The summed E-state index contributed by atoms with van der Waals surface area (Å²) in [5.74, 6) is 2.54. The maximum absolute atomic E-state index is 5.18. The number of thioether (sulfide) groups is 1. The predicted molar refractivity (Wildman–Crippen MR) is 86.1 cm³/mol. The van der Waals surface area contributed by atoms with E-state index in [1.807, 2.05) is 18.8 Å². The summed E-state index contributed by atoms with van der Waals surface area (Å²) in [6, 6.07) is 0. The van der Waals surface area contributed by atoms with Gasteiger partial charge in [-0.3, -0.25) is 0 Å². The number of ether oxygens (including phenoxy) is 1. The fourth-order valence-corrected chi connectivity index (χ4v) is 2.65. The molecule has 18 heavy (non-hydrogen) atoms. The largest absolute Gasteiger partial charge is 0.378 e. The van der Waals surface area contributed by atoms with Crippen LogP contribution in [0.2, 0.25) is 0 Å².